The van der Waals surface area contributed by atoms with E-state index in [-0.39, 0.29) is 17.1 Å². The van der Waals surface area contributed by atoms with Crippen molar-refractivity contribution in [1.29, 1.82) is 0 Å². The molecular weight excluding hydrogens is 196 g/mol. The van der Waals surface area contributed by atoms with Crippen molar-refractivity contribution in [3.63, 3.8) is 0 Å². The summed E-state index contributed by atoms with van der Waals surface area (Å²) in [5, 5.41) is 9.59. The standard InChI is InChI=1S/C10H8N2O3/c1-12-9(5-13)11-8-4-6(14)2-3-7(8)10(12)15/h2-5,14H,1H3. The minimum atomic E-state index is -0.304. The molecule has 2 rings (SSSR count). The van der Waals surface area contributed by atoms with E-state index in [1.807, 2.05) is 0 Å². The number of carbonyl (C=O) groups excluding carboxylic acids is 1. The average molecular weight is 204 g/mol. The summed E-state index contributed by atoms with van der Waals surface area (Å²) in [4.78, 5) is 26.3. The molecule has 5 heteroatoms. The van der Waals surface area contributed by atoms with Gasteiger partial charge in [-0.05, 0) is 12.1 Å². The molecule has 0 bridgehead atoms. The molecule has 0 atom stereocenters. The first-order valence-electron chi connectivity index (χ1n) is 4.28. The van der Waals surface area contributed by atoms with Crippen molar-refractivity contribution in [2.75, 3.05) is 0 Å². The number of aldehydes is 1. The van der Waals surface area contributed by atoms with Crippen LogP contribution in [-0.4, -0.2) is 20.9 Å². The summed E-state index contributed by atoms with van der Waals surface area (Å²) in [5.41, 5.74) is 0.0160. The topological polar surface area (TPSA) is 72.2 Å². The molecule has 76 valence electrons. The molecule has 0 radical (unpaired) electrons. The van der Waals surface area contributed by atoms with Crippen molar-refractivity contribution in [2.45, 2.75) is 0 Å². The van der Waals surface area contributed by atoms with Crippen molar-refractivity contribution < 1.29 is 9.90 Å². The second-order valence-corrected chi connectivity index (χ2v) is 3.15. The lowest BCUT2D eigenvalue weighted by atomic mass is 10.2. The van der Waals surface area contributed by atoms with Gasteiger partial charge in [0.25, 0.3) is 5.56 Å². The maximum Gasteiger partial charge on any atom is 0.261 e. The fourth-order valence-corrected chi connectivity index (χ4v) is 1.38. The molecule has 2 aromatic rings. The van der Waals surface area contributed by atoms with Crippen LogP contribution >= 0.6 is 0 Å². The SMILES string of the molecule is Cn1c(C=O)nc2cc(O)ccc2c1=O. The van der Waals surface area contributed by atoms with Gasteiger partial charge in [0.1, 0.15) is 5.75 Å². The molecule has 1 aromatic heterocycles. The van der Waals surface area contributed by atoms with Gasteiger partial charge in [-0.1, -0.05) is 0 Å². The fourth-order valence-electron chi connectivity index (χ4n) is 1.38. The first kappa shape index (κ1) is 9.39. The average Bonchev–Trinajstić information content (AvgIpc) is 2.23. The lowest BCUT2D eigenvalue weighted by Gasteiger charge is -2.03. The number of fused-ring (bicyclic) bond motifs is 1. The van der Waals surface area contributed by atoms with Gasteiger partial charge in [0.15, 0.2) is 12.1 Å². The third-order valence-electron chi connectivity index (χ3n) is 2.20. The lowest BCUT2D eigenvalue weighted by Crippen LogP contribution is -2.21. The van der Waals surface area contributed by atoms with Gasteiger partial charge in [0, 0.05) is 13.1 Å². The monoisotopic (exact) mass is 204 g/mol. The maximum atomic E-state index is 11.7. The summed E-state index contributed by atoms with van der Waals surface area (Å²) in [6.45, 7) is 0. The number of carbonyl (C=O) groups is 1. The van der Waals surface area contributed by atoms with Crippen LogP contribution in [0.1, 0.15) is 10.6 Å². The van der Waals surface area contributed by atoms with Gasteiger partial charge in [-0.3, -0.25) is 14.2 Å². The van der Waals surface area contributed by atoms with Crippen LogP contribution in [0.3, 0.4) is 0 Å². The molecule has 1 N–H and O–H groups in total. The quantitative estimate of drug-likeness (QED) is 0.684. The molecule has 0 aliphatic heterocycles. The fraction of sp³-hybridized carbons (Fsp3) is 0.100. The third-order valence-corrected chi connectivity index (χ3v) is 2.20. The molecule has 0 amide bonds. The molecule has 15 heavy (non-hydrogen) atoms. The zero-order valence-electron chi connectivity index (χ0n) is 7.97. The van der Waals surface area contributed by atoms with Gasteiger partial charge < -0.3 is 5.11 Å². The Bertz CT molecular complexity index is 601. The highest BCUT2D eigenvalue weighted by Crippen LogP contribution is 2.14. The van der Waals surface area contributed by atoms with E-state index in [2.05, 4.69) is 4.98 Å². The Labute approximate surface area is 84.6 Å². The molecule has 5 nitrogen and oxygen atoms in total. The molecular formula is C10H8N2O3. The number of aromatic nitrogens is 2. The van der Waals surface area contributed by atoms with Gasteiger partial charge in [0.2, 0.25) is 0 Å². The van der Waals surface area contributed by atoms with Gasteiger partial charge >= 0.3 is 0 Å². The van der Waals surface area contributed by atoms with Crippen LogP contribution in [0.5, 0.6) is 5.75 Å². The third kappa shape index (κ3) is 1.38. The smallest absolute Gasteiger partial charge is 0.261 e. The Morgan fingerprint density at radius 3 is 2.87 bits per heavy atom. The number of hydrogen-bond donors (Lipinski definition) is 1. The number of benzene rings is 1. The van der Waals surface area contributed by atoms with Gasteiger partial charge in [-0.15, -0.1) is 0 Å². The van der Waals surface area contributed by atoms with Crippen LogP contribution in [-0.2, 0) is 7.05 Å². The Hall–Kier alpha value is -2.17. The van der Waals surface area contributed by atoms with Crippen LogP contribution in [0.2, 0.25) is 0 Å². The molecule has 1 aromatic carbocycles. The number of rotatable bonds is 1. The van der Waals surface area contributed by atoms with Crippen molar-refractivity contribution in [3.05, 3.63) is 34.4 Å². The normalized spacial score (nSPS) is 10.5. The second kappa shape index (κ2) is 3.20. The minimum Gasteiger partial charge on any atom is -0.508 e. The first-order valence-corrected chi connectivity index (χ1v) is 4.28. The number of nitrogens with zero attached hydrogens (tertiary/aromatic N) is 2. The zero-order valence-corrected chi connectivity index (χ0v) is 7.97. The van der Waals surface area contributed by atoms with Crippen molar-refractivity contribution in [3.8, 4) is 5.75 Å². The Morgan fingerprint density at radius 2 is 2.20 bits per heavy atom. The number of hydrogen-bond acceptors (Lipinski definition) is 4. The molecule has 0 unspecified atom stereocenters. The molecule has 0 fully saturated rings. The van der Waals surface area contributed by atoms with E-state index in [0.29, 0.717) is 17.2 Å². The van der Waals surface area contributed by atoms with Crippen LogP contribution in [0.4, 0.5) is 0 Å². The van der Waals surface area contributed by atoms with E-state index < -0.39 is 0 Å². The molecule has 0 aliphatic carbocycles. The second-order valence-electron chi connectivity index (χ2n) is 3.15. The van der Waals surface area contributed by atoms with Crippen molar-refractivity contribution in [2.24, 2.45) is 7.05 Å². The summed E-state index contributed by atoms with van der Waals surface area (Å²) in [6.07, 6.45) is 0.505. The molecule has 0 aliphatic rings. The Morgan fingerprint density at radius 1 is 1.47 bits per heavy atom. The van der Waals surface area contributed by atoms with E-state index in [0.717, 1.165) is 0 Å². The van der Waals surface area contributed by atoms with Gasteiger partial charge in [-0.2, -0.15) is 0 Å². The van der Waals surface area contributed by atoms with Crippen LogP contribution in [0, 0.1) is 0 Å². The van der Waals surface area contributed by atoms with Crippen molar-refractivity contribution >= 4 is 17.2 Å². The summed E-state index contributed by atoms with van der Waals surface area (Å²) < 4.78 is 1.17. The highest BCUT2D eigenvalue weighted by molar-refractivity contribution is 5.82. The van der Waals surface area contributed by atoms with Gasteiger partial charge in [0.05, 0.1) is 10.9 Å². The lowest BCUT2D eigenvalue weighted by molar-refractivity contribution is 0.111. The minimum absolute atomic E-state index is 0.0140. The zero-order chi connectivity index (χ0) is 11.0. The Kier molecular flexibility index (Phi) is 2.00. The Balaban J connectivity index is 2.97. The van der Waals surface area contributed by atoms with E-state index in [4.69, 9.17) is 0 Å². The van der Waals surface area contributed by atoms with Crippen LogP contribution in [0.25, 0.3) is 10.9 Å². The maximum absolute atomic E-state index is 11.7. The molecule has 0 spiro atoms. The highest BCUT2D eigenvalue weighted by Gasteiger charge is 2.07. The number of phenols is 1. The predicted octanol–water partition coefficient (Wildman–Crippen LogP) is 0.452. The first-order chi connectivity index (χ1) is 7.13. The van der Waals surface area contributed by atoms with Crippen molar-refractivity contribution in [1.82, 2.24) is 9.55 Å². The number of aromatic hydroxyl groups is 1. The summed E-state index contributed by atoms with van der Waals surface area (Å²) in [5.74, 6) is 0.0539. The van der Waals surface area contributed by atoms with Gasteiger partial charge in [-0.25, -0.2) is 4.98 Å². The van der Waals surface area contributed by atoms with Crippen LogP contribution < -0.4 is 5.56 Å². The largest absolute Gasteiger partial charge is 0.508 e. The van der Waals surface area contributed by atoms with E-state index in [1.165, 1.54) is 29.8 Å². The summed E-state index contributed by atoms with van der Waals surface area (Å²) in [7, 11) is 1.48. The highest BCUT2D eigenvalue weighted by atomic mass is 16.3. The molecule has 1 heterocycles. The molecule has 0 saturated carbocycles. The van der Waals surface area contributed by atoms with E-state index >= 15 is 0 Å². The van der Waals surface area contributed by atoms with E-state index in [1.54, 1.807) is 0 Å². The van der Waals surface area contributed by atoms with E-state index in [9.17, 15) is 14.7 Å². The number of phenolic OH excluding ortho intramolecular Hbond substituents is 1. The van der Waals surface area contributed by atoms with Crippen LogP contribution in [0.15, 0.2) is 23.0 Å². The summed E-state index contributed by atoms with van der Waals surface area (Å²) in [6, 6.07) is 4.24. The predicted molar refractivity (Wildman–Crippen MR) is 54.0 cm³/mol. The molecule has 0 saturated heterocycles. The summed E-state index contributed by atoms with van der Waals surface area (Å²) >= 11 is 0.